The van der Waals surface area contributed by atoms with Crippen LogP contribution in [0.15, 0.2) is 0 Å². The molecule has 0 bridgehead atoms. The van der Waals surface area contributed by atoms with Crippen molar-refractivity contribution in [2.24, 2.45) is 5.92 Å². The minimum absolute atomic E-state index is 0.0904. The van der Waals surface area contributed by atoms with E-state index in [2.05, 4.69) is 4.90 Å². The maximum absolute atomic E-state index is 13.0. The Balaban J connectivity index is 2.24. The smallest absolute Gasteiger partial charge is 0.309 e. The van der Waals surface area contributed by atoms with E-state index in [1.54, 1.807) is 0 Å². The molecule has 0 unspecified atom stereocenters. The zero-order valence-electron chi connectivity index (χ0n) is 12.0. The highest BCUT2D eigenvalue weighted by molar-refractivity contribution is 5.72. The molecule has 0 amide bonds. The van der Waals surface area contributed by atoms with Gasteiger partial charge in [0.05, 0.1) is 5.92 Å². The maximum Gasteiger partial charge on any atom is 0.309 e. The number of carbonyl (C=O) groups is 1. The predicted octanol–water partition coefficient (Wildman–Crippen LogP) is 2.79. The van der Waals surface area contributed by atoms with E-state index in [4.69, 9.17) is 4.74 Å². The summed E-state index contributed by atoms with van der Waals surface area (Å²) in [7, 11) is 0. The zero-order chi connectivity index (χ0) is 13.8. The average molecular weight is 259 g/mol. The zero-order valence-corrected chi connectivity index (χ0v) is 12.0. The Morgan fingerprint density at radius 2 is 1.94 bits per heavy atom. The van der Waals surface area contributed by atoms with Gasteiger partial charge in [-0.15, -0.1) is 0 Å². The van der Waals surface area contributed by atoms with Crippen LogP contribution in [0.3, 0.4) is 0 Å². The van der Waals surface area contributed by atoms with E-state index < -0.39 is 11.8 Å². The van der Waals surface area contributed by atoms with Crippen LogP contribution >= 0.6 is 0 Å². The summed E-state index contributed by atoms with van der Waals surface area (Å²) in [6.45, 7) is 10.0. The van der Waals surface area contributed by atoms with Crippen LogP contribution in [0.2, 0.25) is 0 Å². The van der Waals surface area contributed by atoms with Crippen molar-refractivity contribution in [3.05, 3.63) is 0 Å². The molecule has 0 N–H and O–H groups in total. The van der Waals surface area contributed by atoms with Gasteiger partial charge in [-0.05, 0) is 46.6 Å². The number of likely N-dealkylation sites (tertiary alicyclic amines) is 1. The summed E-state index contributed by atoms with van der Waals surface area (Å²) in [6, 6.07) is 0. The number of halogens is 1. The van der Waals surface area contributed by atoms with Crippen LogP contribution in [0.5, 0.6) is 0 Å². The van der Waals surface area contributed by atoms with Crippen LogP contribution in [-0.4, -0.2) is 42.3 Å². The molecule has 1 aliphatic rings. The van der Waals surface area contributed by atoms with Crippen LogP contribution in [0, 0.1) is 5.92 Å². The summed E-state index contributed by atoms with van der Waals surface area (Å²) < 4.78 is 18.3. The summed E-state index contributed by atoms with van der Waals surface area (Å²) in [4.78, 5) is 14.0. The molecule has 0 saturated carbocycles. The number of hydrogen-bond acceptors (Lipinski definition) is 3. The van der Waals surface area contributed by atoms with Crippen LogP contribution in [-0.2, 0) is 9.53 Å². The van der Waals surface area contributed by atoms with Crippen molar-refractivity contribution in [1.29, 1.82) is 0 Å². The minimum Gasteiger partial charge on any atom is -0.460 e. The average Bonchev–Trinajstić information content (AvgIpc) is 2.25. The molecule has 0 aliphatic carbocycles. The number of alkyl halides is 1. The van der Waals surface area contributed by atoms with E-state index >= 15 is 0 Å². The number of piperidine rings is 1. The second kappa shape index (κ2) is 6.50. The molecule has 1 fully saturated rings. The highest BCUT2D eigenvalue weighted by atomic mass is 19.1. The number of ether oxygens (including phenoxy) is 1. The molecule has 106 valence electrons. The second-order valence-corrected chi connectivity index (χ2v) is 6.24. The van der Waals surface area contributed by atoms with Crippen molar-refractivity contribution >= 4 is 5.97 Å². The summed E-state index contributed by atoms with van der Waals surface area (Å²) >= 11 is 0. The lowest BCUT2D eigenvalue weighted by molar-refractivity contribution is -0.159. The van der Waals surface area contributed by atoms with Gasteiger partial charge in [0.25, 0.3) is 0 Å². The topological polar surface area (TPSA) is 29.5 Å². The number of esters is 1. The Labute approximate surface area is 110 Å². The summed E-state index contributed by atoms with van der Waals surface area (Å²) in [5.74, 6) is -0.227. The number of nitrogens with zero attached hydrogens (tertiary/aromatic N) is 1. The molecule has 1 rings (SSSR count). The molecule has 1 saturated heterocycles. The standard InChI is InChI=1S/C14H26FNO2/c1-11(13(17)18-14(2,3)4)5-8-16-9-6-12(15)7-10-16/h11-12H,5-10H2,1-4H3/t11-/m0/s1. The molecule has 18 heavy (non-hydrogen) atoms. The Morgan fingerprint density at radius 3 is 2.44 bits per heavy atom. The minimum atomic E-state index is -0.635. The lowest BCUT2D eigenvalue weighted by Crippen LogP contribution is -2.36. The van der Waals surface area contributed by atoms with Gasteiger partial charge in [0.15, 0.2) is 0 Å². The first kappa shape index (κ1) is 15.4. The molecule has 0 aromatic heterocycles. The Morgan fingerprint density at radius 1 is 1.39 bits per heavy atom. The fourth-order valence-corrected chi connectivity index (χ4v) is 2.02. The van der Waals surface area contributed by atoms with E-state index in [-0.39, 0.29) is 11.9 Å². The van der Waals surface area contributed by atoms with E-state index in [9.17, 15) is 9.18 Å². The molecule has 1 heterocycles. The fraction of sp³-hybridized carbons (Fsp3) is 0.929. The first-order valence-electron chi connectivity index (χ1n) is 6.87. The van der Waals surface area contributed by atoms with Crippen LogP contribution in [0.1, 0.15) is 47.0 Å². The third-order valence-corrected chi connectivity index (χ3v) is 3.20. The van der Waals surface area contributed by atoms with Crippen molar-refractivity contribution in [3.8, 4) is 0 Å². The number of carbonyl (C=O) groups excluding carboxylic acids is 1. The van der Waals surface area contributed by atoms with Crippen LogP contribution in [0.25, 0.3) is 0 Å². The van der Waals surface area contributed by atoms with Gasteiger partial charge < -0.3 is 9.64 Å². The summed E-state index contributed by atoms with van der Waals surface area (Å²) in [5.41, 5.74) is -0.419. The number of hydrogen-bond donors (Lipinski definition) is 0. The van der Waals surface area contributed by atoms with Gasteiger partial charge in [-0.3, -0.25) is 4.79 Å². The van der Waals surface area contributed by atoms with Crippen LogP contribution < -0.4 is 0 Å². The van der Waals surface area contributed by atoms with Gasteiger partial charge in [-0.1, -0.05) is 6.92 Å². The Bertz CT molecular complexity index is 267. The van der Waals surface area contributed by atoms with Gasteiger partial charge in [-0.2, -0.15) is 0 Å². The molecule has 0 radical (unpaired) electrons. The van der Waals surface area contributed by atoms with Crippen LogP contribution in [0.4, 0.5) is 4.39 Å². The maximum atomic E-state index is 13.0. The number of rotatable bonds is 4. The quantitative estimate of drug-likeness (QED) is 0.727. The first-order valence-corrected chi connectivity index (χ1v) is 6.87. The Kier molecular flexibility index (Phi) is 5.57. The van der Waals surface area contributed by atoms with Gasteiger partial charge in [0.2, 0.25) is 0 Å². The van der Waals surface area contributed by atoms with Crippen molar-refractivity contribution < 1.29 is 13.9 Å². The van der Waals surface area contributed by atoms with E-state index in [0.717, 1.165) is 26.1 Å². The molecule has 1 atom stereocenters. The molecule has 3 nitrogen and oxygen atoms in total. The molecule has 4 heteroatoms. The second-order valence-electron chi connectivity index (χ2n) is 6.24. The molecule has 0 aromatic rings. The van der Waals surface area contributed by atoms with E-state index in [1.165, 1.54) is 0 Å². The SMILES string of the molecule is C[C@@H](CCN1CCC(F)CC1)C(=O)OC(C)(C)C. The summed E-state index contributed by atoms with van der Waals surface area (Å²) in [5, 5.41) is 0. The lowest BCUT2D eigenvalue weighted by atomic mass is 10.0. The highest BCUT2D eigenvalue weighted by Gasteiger charge is 2.23. The van der Waals surface area contributed by atoms with E-state index in [1.807, 2.05) is 27.7 Å². The normalized spacial score (nSPS) is 20.7. The highest BCUT2D eigenvalue weighted by Crippen LogP contribution is 2.17. The largest absolute Gasteiger partial charge is 0.460 e. The van der Waals surface area contributed by atoms with Gasteiger partial charge in [-0.25, -0.2) is 4.39 Å². The third-order valence-electron chi connectivity index (χ3n) is 3.20. The summed E-state index contributed by atoms with van der Waals surface area (Å²) in [6.07, 6.45) is 1.40. The third kappa shape index (κ3) is 5.80. The molecule has 1 aliphatic heterocycles. The Hall–Kier alpha value is -0.640. The van der Waals surface area contributed by atoms with E-state index in [0.29, 0.717) is 12.8 Å². The molecular weight excluding hydrogens is 233 g/mol. The first-order chi connectivity index (χ1) is 8.28. The molecular formula is C14H26FNO2. The molecule has 0 aromatic carbocycles. The fourth-order valence-electron chi connectivity index (χ4n) is 2.02. The van der Waals surface area contributed by atoms with Gasteiger partial charge >= 0.3 is 5.97 Å². The molecule has 0 spiro atoms. The monoisotopic (exact) mass is 259 g/mol. The van der Waals surface area contributed by atoms with Crippen molar-refractivity contribution in [2.75, 3.05) is 19.6 Å². The lowest BCUT2D eigenvalue weighted by Gasteiger charge is -2.29. The van der Waals surface area contributed by atoms with Gasteiger partial charge in [0, 0.05) is 13.1 Å². The van der Waals surface area contributed by atoms with Gasteiger partial charge in [0.1, 0.15) is 11.8 Å². The predicted molar refractivity (Wildman–Crippen MR) is 70.2 cm³/mol. The van der Waals surface area contributed by atoms with Crippen molar-refractivity contribution in [2.45, 2.75) is 58.7 Å². The van der Waals surface area contributed by atoms with Crippen molar-refractivity contribution in [3.63, 3.8) is 0 Å². The van der Waals surface area contributed by atoms with Crippen molar-refractivity contribution in [1.82, 2.24) is 4.90 Å².